The standard InChI is InChI=1S/C22H17BrN2O4/c1-22(16-8-4-6-13-5-2-3-7-15(13)16)20(26)25(21(27)24-22)11-14-9-18-19(10-17(14)23)29-12-28-18/h2-10H,11-12H2,1H3,(H,24,27). The van der Waals surface area contributed by atoms with Crippen molar-refractivity contribution >= 4 is 38.6 Å². The molecule has 3 aromatic carbocycles. The number of hydrogen-bond acceptors (Lipinski definition) is 4. The van der Waals surface area contributed by atoms with Gasteiger partial charge >= 0.3 is 6.03 Å². The number of carbonyl (C=O) groups is 2. The molecule has 0 radical (unpaired) electrons. The van der Waals surface area contributed by atoms with Crippen molar-refractivity contribution in [3.8, 4) is 11.5 Å². The highest BCUT2D eigenvalue weighted by Gasteiger charge is 2.49. The smallest absolute Gasteiger partial charge is 0.325 e. The Labute approximate surface area is 175 Å². The molecule has 1 saturated heterocycles. The Morgan fingerprint density at radius 1 is 1.07 bits per heavy atom. The SMILES string of the molecule is CC1(c2cccc3ccccc23)NC(=O)N(Cc2cc3c(cc2Br)OCO3)C1=O. The Morgan fingerprint density at radius 2 is 1.79 bits per heavy atom. The van der Waals surface area contributed by atoms with Crippen molar-refractivity contribution in [2.24, 2.45) is 0 Å². The number of urea groups is 1. The van der Waals surface area contributed by atoms with Crippen molar-refractivity contribution in [2.75, 3.05) is 6.79 Å². The van der Waals surface area contributed by atoms with E-state index in [0.717, 1.165) is 26.4 Å². The van der Waals surface area contributed by atoms with E-state index in [-0.39, 0.29) is 19.2 Å². The predicted octanol–water partition coefficient (Wildman–Crippen LogP) is 4.30. The Kier molecular flexibility index (Phi) is 4.03. The van der Waals surface area contributed by atoms with Crippen LogP contribution in [0.3, 0.4) is 0 Å². The number of halogens is 1. The van der Waals surface area contributed by atoms with Gasteiger partial charge < -0.3 is 14.8 Å². The number of imide groups is 1. The van der Waals surface area contributed by atoms with Crippen molar-refractivity contribution in [2.45, 2.75) is 19.0 Å². The molecular formula is C22H17BrN2O4. The maximum absolute atomic E-state index is 13.4. The molecule has 1 atom stereocenters. The van der Waals surface area contributed by atoms with Crippen molar-refractivity contribution < 1.29 is 19.1 Å². The van der Waals surface area contributed by atoms with Crippen LogP contribution in [0.15, 0.2) is 59.1 Å². The molecule has 0 aliphatic carbocycles. The Morgan fingerprint density at radius 3 is 2.62 bits per heavy atom. The highest BCUT2D eigenvalue weighted by Crippen LogP contribution is 2.39. The average molecular weight is 453 g/mol. The molecule has 2 heterocycles. The molecule has 2 aliphatic rings. The van der Waals surface area contributed by atoms with E-state index in [1.54, 1.807) is 19.1 Å². The van der Waals surface area contributed by atoms with E-state index in [1.165, 1.54) is 4.90 Å². The first-order valence-electron chi connectivity index (χ1n) is 9.18. The second-order valence-electron chi connectivity index (χ2n) is 7.27. The topological polar surface area (TPSA) is 67.9 Å². The summed E-state index contributed by atoms with van der Waals surface area (Å²) in [6.45, 7) is 2.04. The number of fused-ring (bicyclic) bond motifs is 2. The molecular weight excluding hydrogens is 436 g/mol. The van der Waals surface area contributed by atoms with Crippen LogP contribution in [0.1, 0.15) is 18.1 Å². The summed E-state index contributed by atoms with van der Waals surface area (Å²) in [6.07, 6.45) is 0. The molecule has 6 nitrogen and oxygen atoms in total. The molecule has 29 heavy (non-hydrogen) atoms. The van der Waals surface area contributed by atoms with Crippen LogP contribution in [0.4, 0.5) is 4.79 Å². The van der Waals surface area contributed by atoms with Gasteiger partial charge in [-0.2, -0.15) is 0 Å². The summed E-state index contributed by atoms with van der Waals surface area (Å²) in [4.78, 5) is 27.4. The van der Waals surface area contributed by atoms with Gasteiger partial charge in [-0.1, -0.05) is 58.4 Å². The normalized spacial score (nSPS) is 20.4. The summed E-state index contributed by atoms with van der Waals surface area (Å²) in [6, 6.07) is 16.8. The Hall–Kier alpha value is -3.06. The lowest BCUT2D eigenvalue weighted by Crippen LogP contribution is -2.41. The largest absolute Gasteiger partial charge is 0.454 e. The summed E-state index contributed by atoms with van der Waals surface area (Å²) >= 11 is 3.50. The molecule has 1 N–H and O–H groups in total. The molecule has 3 aromatic rings. The molecule has 0 bridgehead atoms. The van der Waals surface area contributed by atoms with E-state index >= 15 is 0 Å². The van der Waals surface area contributed by atoms with Crippen molar-refractivity contribution in [3.05, 3.63) is 70.2 Å². The fourth-order valence-corrected chi connectivity index (χ4v) is 4.38. The molecule has 0 aromatic heterocycles. The van der Waals surface area contributed by atoms with Gasteiger partial charge in [0.15, 0.2) is 11.5 Å². The van der Waals surface area contributed by atoms with Crippen molar-refractivity contribution in [3.63, 3.8) is 0 Å². The van der Waals surface area contributed by atoms with Crippen LogP contribution in [0.2, 0.25) is 0 Å². The van der Waals surface area contributed by atoms with Crippen molar-refractivity contribution in [1.29, 1.82) is 0 Å². The molecule has 146 valence electrons. The number of benzene rings is 3. The lowest BCUT2D eigenvalue weighted by atomic mass is 9.88. The highest BCUT2D eigenvalue weighted by molar-refractivity contribution is 9.10. The first-order chi connectivity index (χ1) is 14.0. The predicted molar refractivity (Wildman–Crippen MR) is 111 cm³/mol. The van der Waals surface area contributed by atoms with Gasteiger partial charge in [0.2, 0.25) is 6.79 Å². The minimum absolute atomic E-state index is 0.127. The number of ether oxygens (including phenoxy) is 2. The Bertz CT molecular complexity index is 1170. The zero-order valence-corrected chi connectivity index (χ0v) is 17.2. The van der Waals surface area contributed by atoms with Gasteiger partial charge in [-0.25, -0.2) is 4.79 Å². The van der Waals surface area contributed by atoms with Crippen LogP contribution in [0.5, 0.6) is 11.5 Å². The number of carbonyl (C=O) groups excluding carboxylic acids is 2. The third kappa shape index (κ3) is 2.76. The fraction of sp³-hybridized carbons (Fsp3) is 0.182. The van der Waals surface area contributed by atoms with E-state index < -0.39 is 11.6 Å². The monoisotopic (exact) mass is 452 g/mol. The molecule has 5 rings (SSSR count). The minimum Gasteiger partial charge on any atom is -0.454 e. The fourth-order valence-electron chi connectivity index (χ4n) is 3.94. The number of hydrogen-bond donors (Lipinski definition) is 1. The Balaban J connectivity index is 1.52. The van der Waals surface area contributed by atoms with E-state index in [4.69, 9.17) is 9.47 Å². The average Bonchev–Trinajstić information content (AvgIpc) is 3.25. The molecule has 2 aliphatic heterocycles. The maximum Gasteiger partial charge on any atom is 0.325 e. The van der Waals surface area contributed by atoms with Gasteiger partial charge in [-0.15, -0.1) is 0 Å². The van der Waals surface area contributed by atoms with E-state index in [2.05, 4.69) is 21.2 Å². The summed E-state index contributed by atoms with van der Waals surface area (Å²) in [7, 11) is 0. The van der Waals surface area contributed by atoms with Gasteiger partial charge in [-0.3, -0.25) is 9.69 Å². The van der Waals surface area contributed by atoms with Crippen LogP contribution in [-0.2, 0) is 16.9 Å². The number of nitrogens with zero attached hydrogens (tertiary/aromatic N) is 1. The second kappa shape index (κ2) is 6.49. The number of nitrogens with one attached hydrogen (secondary N) is 1. The van der Waals surface area contributed by atoms with Gasteiger partial charge in [0.25, 0.3) is 5.91 Å². The molecule has 7 heteroatoms. The zero-order chi connectivity index (χ0) is 20.2. The summed E-state index contributed by atoms with van der Waals surface area (Å²) in [5.41, 5.74) is 0.405. The van der Waals surface area contributed by atoms with Gasteiger partial charge in [-0.05, 0) is 41.0 Å². The molecule has 0 saturated carbocycles. The van der Waals surface area contributed by atoms with Gasteiger partial charge in [0, 0.05) is 4.47 Å². The third-order valence-corrected chi connectivity index (χ3v) is 6.21. The van der Waals surface area contributed by atoms with Crippen LogP contribution in [0.25, 0.3) is 10.8 Å². The molecule has 1 fully saturated rings. The summed E-state index contributed by atoms with van der Waals surface area (Å²) in [5.74, 6) is 0.953. The maximum atomic E-state index is 13.4. The van der Waals surface area contributed by atoms with E-state index in [9.17, 15) is 9.59 Å². The third-order valence-electron chi connectivity index (χ3n) is 5.47. The first kappa shape index (κ1) is 18.0. The van der Waals surface area contributed by atoms with Crippen molar-refractivity contribution in [1.82, 2.24) is 10.2 Å². The molecule has 3 amide bonds. The number of amides is 3. The van der Waals surface area contributed by atoms with E-state index in [1.807, 2.05) is 42.5 Å². The molecule has 1 unspecified atom stereocenters. The summed E-state index contributed by atoms with van der Waals surface area (Å²) < 4.78 is 11.5. The summed E-state index contributed by atoms with van der Waals surface area (Å²) in [5, 5.41) is 4.86. The quantitative estimate of drug-likeness (QED) is 0.601. The highest BCUT2D eigenvalue weighted by atomic mass is 79.9. The first-order valence-corrected chi connectivity index (χ1v) is 9.97. The van der Waals surface area contributed by atoms with Gasteiger partial charge in [0.05, 0.1) is 6.54 Å². The zero-order valence-electron chi connectivity index (χ0n) is 15.6. The number of rotatable bonds is 3. The minimum atomic E-state index is -1.14. The van der Waals surface area contributed by atoms with Gasteiger partial charge in [0.1, 0.15) is 5.54 Å². The van der Waals surface area contributed by atoms with E-state index in [0.29, 0.717) is 11.5 Å². The van der Waals surface area contributed by atoms with Crippen LogP contribution < -0.4 is 14.8 Å². The lowest BCUT2D eigenvalue weighted by molar-refractivity contribution is -0.131. The van der Waals surface area contributed by atoms with Crippen LogP contribution in [0, 0.1) is 0 Å². The molecule has 0 spiro atoms. The van der Waals surface area contributed by atoms with Crippen LogP contribution in [-0.4, -0.2) is 23.6 Å². The lowest BCUT2D eigenvalue weighted by Gasteiger charge is -2.24. The van der Waals surface area contributed by atoms with Crippen LogP contribution >= 0.6 is 15.9 Å². The second-order valence-corrected chi connectivity index (χ2v) is 8.12.